The van der Waals surface area contributed by atoms with Gasteiger partial charge in [0, 0.05) is 0 Å². The number of alkyl carbamates (subject to hydrolysis) is 1. The summed E-state index contributed by atoms with van der Waals surface area (Å²) >= 11 is 0. The lowest BCUT2D eigenvalue weighted by Gasteiger charge is -2.35. The monoisotopic (exact) mass is 285 g/mol. The van der Waals surface area contributed by atoms with Crippen molar-refractivity contribution in [2.45, 2.75) is 44.9 Å². The summed E-state index contributed by atoms with van der Waals surface area (Å²) in [7, 11) is 1.26. The maximum Gasteiger partial charge on any atom is 0.407 e. The molecular formula is C14H23NO5. The molecule has 20 heavy (non-hydrogen) atoms. The molecule has 4 atom stereocenters. The summed E-state index contributed by atoms with van der Waals surface area (Å²) in [5, 5.41) is 2.56. The van der Waals surface area contributed by atoms with Crippen LogP contribution in [0.1, 0.15) is 26.7 Å². The summed E-state index contributed by atoms with van der Waals surface area (Å²) < 4.78 is 15.3. The Bertz CT molecular complexity index is 357. The van der Waals surface area contributed by atoms with Crippen LogP contribution < -0.4 is 5.32 Å². The highest BCUT2D eigenvalue weighted by molar-refractivity contribution is 5.81. The summed E-state index contributed by atoms with van der Waals surface area (Å²) in [6.45, 7) is 7.65. The predicted octanol–water partition coefficient (Wildman–Crippen LogP) is 1.64. The van der Waals surface area contributed by atoms with Crippen LogP contribution in [0.3, 0.4) is 0 Å². The SMILES string of the molecule is C=C[C@H]1C[C@@H]([C@H](NC(=O)OC)C(=O)OCC)CC(C)O1. The van der Waals surface area contributed by atoms with Gasteiger partial charge in [-0.3, -0.25) is 0 Å². The van der Waals surface area contributed by atoms with Crippen LogP contribution in [0.25, 0.3) is 0 Å². The summed E-state index contributed by atoms with van der Waals surface area (Å²) in [4.78, 5) is 23.5. The van der Waals surface area contributed by atoms with Crippen LogP contribution in [0.4, 0.5) is 4.79 Å². The van der Waals surface area contributed by atoms with E-state index in [4.69, 9.17) is 9.47 Å². The molecule has 1 aliphatic rings. The Morgan fingerprint density at radius 3 is 2.75 bits per heavy atom. The van der Waals surface area contributed by atoms with Crippen LogP contribution in [0.15, 0.2) is 12.7 Å². The van der Waals surface area contributed by atoms with Crippen LogP contribution in [0, 0.1) is 5.92 Å². The van der Waals surface area contributed by atoms with E-state index in [-0.39, 0.29) is 24.7 Å². The predicted molar refractivity (Wildman–Crippen MR) is 73.2 cm³/mol. The van der Waals surface area contributed by atoms with Crippen molar-refractivity contribution < 1.29 is 23.8 Å². The lowest BCUT2D eigenvalue weighted by molar-refractivity contribution is -0.149. The Kier molecular flexibility index (Phi) is 6.51. The molecule has 6 heteroatoms. The molecule has 1 aliphatic heterocycles. The Morgan fingerprint density at radius 2 is 2.20 bits per heavy atom. The molecule has 1 unspecified atom stereocenters. The van der Waals surface area contributed by atoms with Gasteiger partial charge in [-0.2, -0.15) is 0 Å². The van der Waals surface area contributed by atoms with Gasteiger partial charge in [0.1, 0.15) is 6.04 Å². The highest BCUT2D eigenvalue weighted by Crippen LogP contribution is 2.28. The second-order valence-corrected chi connectivity index (χ2v) is 4.82. The number of hydrogen-bond donors (Lipinski definition) is 1. The van der Waals surface area contributed by atoms with Gasteiger partial charge in [-0.05, 0) is 32.6 Å². The zero-order chi connectivity index (χ0) is 15.1. The average Bonchev–Trinajstić information content (AvgIpc) is 2.43. The van der Waals surface area contributed by atoms with Gasteiger partial charge in [-0.15, -0.1) is 6.58 Å². The number of esters is 1. The molecule has 1 rings (SSSR count). The Hall–Kier alpha value is -1.56. The molecule has 1 N–H and O–H groups in total. The third kappa shape index (κ3) is 4.52. The van der Waals surface area contributed by atoms with Gasteiger partial charge < -0.3 is 19.5 Å². The topological polar surface area (TPSA) is 73.9 Å². The van der Waals surface area contributed by atoms with Gasteiger partial charge in [-0.25, -0.2) is 9.59 Å². The average molecular weight is 285 g/mol. The van der Waals surface area contributed by atoms with Crippen molar-refractivity contribution in [2.24, 2.45) is 5.92 Å². The summed E-state index contributed by atoms with van der Waals surface area (Å²) in [6.07, 6.45) is 2.22. The number of nitrogens with one attached hydrogen (secondary N) is 1. The van der Waals surface area contributed by atoms with Crippen molar-refractivity contribution >= 4 is 12.1 Å². The van der Waals surface area contributed by atoms with Crippen LogP contribution in [-0.4, -0.2) is 44.0 Å². The van der Waals surface area contributed by atoms with Gasteiger partial charge in [0.2, 0.25) is 0 Å². The first-order chi connectivity index (χ1) is 9.51. The summed E-state index contributed by atoms with van der Waals surface area (Å²) in [5.74, 6) is -0.514. The number of methoxy groups -OCH3 is 1. The molecule has 1 heterocycles. The van der Waals surface area contributed by atoms with Crippen molar-refractivity contribution in [3.63, 3.8) is 0 Å². The van der Waals surface area contributed by atoms with Gasteiger partial charge in [0.15, 0.2) is 0 Å². The largest absolute Gasteiger partial charge is 0.464 e. The molecule has 0 aliphatic carbocycles. The smallest absolute Gasteiger partial charge is 0.407 e. The van der Waals surface area contributed by atoms with E-state index in [1.807, 2.05) is 6.92 Å². The van der Waals surface area contributed by atoms with Crippen molar-refractivity contribution in [1.29, 1.82) is 0 Å². The van der Waals surface area contributed by atoms with Gasteiger partial charge in [0.05, 0.1) is 25.9 Å². The normalized spacial score (nSPS) is 27.2. The molecule has 0 aromatic rings. The van der Waals surface area contributed by atoms with E-state index in [2.05, 4.69) is 16.6 Å². The number of amides is 1. The zero-order valence-corrected chi connectivity index (χ0v) is 12.3. The minimum Gasteiger partial charge on any atom is -0.464 e. The third-order valence-corrected chi connectivity index (χ3v) is 3.31. The van der Waals surface area contributed by atoms with Crippen LogP contribution in [0.2, 0.25) is 0 Å². The third-order valence-electron chi connectivity index (χ3n) is 3.31. The number of carbonyl (C=O) groups is 2. The van der Waals surface area contributed by atoms with Gasteiger partial charge in [-0.1, -0.05) is 6.08 Å². The highest BCUT2D eigenvalue weighted by Gasteiger charge is 2.37. The van der Waals surface area contributed by atoms with Crippen molar-refractivity contribution in [1.82, 2.24) is 5.32 Å². The maximum absolute atomic E-state index is 12.0. The fraction of sp³-hybridized carbons (Fsp3) is 0.714. The lowest BCUT2D eigenvalue weighted by atomic mass is 9.86. The molecular weight excluding hydrogens is 262 g/mol. The van der Waals surface area contributed by atoms with E-state index in [0.29, 0.717) is 12.8 Å². The molecule has 0 saturated carbocycles. The highest BCUT2D eigenvalue weighted by atomic mass is 16.5. The first-order valence-corrected chi connectivity index (χ1v) is 6.80. The van der Waals surface area contributed by atoms with E-state index in [1.165, 1.54) is 7.11 Å². The van der Waals surface area contributed by atoms with E-state index in [1.54, 1.807) is 13.0 Å². The van der Waals surface area contributed by atoms with E-state index in [0.717, 1.165) is 0 Å². The first kappa shape index (κ1) is 16.5. The second-order valence-electron chi connectivity index (χ2n) is 4.82. The summed E-state index contributed by atoms with van der Waals surface area (Å²) in [6, 6.07) is -0.726. The minimum absolute atomic E-state index is 0.00637. The minimum atomic E-state index is -0.726. The number of carbonyl (C=O) groups excluding carboxylic acids is 2. The Labute approximate surface area is 119 Å². The fourth-order valence-electron chi connectivity index (χ4n) is 2.44. The molecule has 0 aromatic heterocycles. The lowest BCUT2D eigenvalue weighted by Crippen LogP contribution is -2.50. The van der Waals surface area contributed by atoms with Gasteiger partial charge in [0.25, 0.3) is 0 Å². The molecule has 0 spiro atoms. The fourth-order valence-corrected chi connectivity index (χ4v) is 2.44. The molecule has 0 bridgehead atoms. The van der Waals surface area contributed by atoms with Crippen molar-refractivity contribution in [3.8, 4) is 0 Å². The van der Waals surface area contributed by atoms with Crippen LogP contribution in [-0.2, 0) is 19.0 Å². The molecule has 1 saturated heterocycles. The molecule has 1 fully saturated rings. The van der Waals surface area contributed by atoms with E-state index in [9.17, 15) is 9.59 Å². The second kappa shape index (κ2) is 7.89. The van der Waals surface area contributed by atoms with Crippen LogP contribution >= 0.6 is 0 Å². The number of rotatable bonds is 5. The van der Waals surface area contributed by atoms with Crippen molar-refractivity contribution in [2.75, 3.05) is 13.7 Å². The van der Waals surface area contributed by atoms with Crippen LogP contribution in [0.5, 0.6) is 0 Å². The van der Waals surface area contributed by atoms with Crippen molar-refractivity contribution in [3.05, 3.63) is 12.7 Å². The zero-order valence-electron chi connectivity index (χ0n) is 12.3. The van der Waals surface area contributed by atoms with E-state index >= 15 is 0 Å². The quantitative estimate of drug-likeness (QED) is 0.614. The molecule has 6 nitrogen and oxygen atoms in total. The summed E-state index contributed by atoms with van der Waals surface area (Å²) in [5.41, 5.74) is 0. The Balaban J connectivity index is 2.81. The maximum atomic E-state index is 12.0. The standard InChI is InChI=1S/C14H23NO5/c1-5-11-8-10(7-9(3)20-11)12(13(16)19-6-2)15-14(17)18-4/h5,9-12H,1,6-8H2,2-4H3,(H,15,17)/t9?,10-,11-,12-/m0/s1. The Morgan fingerprint density at radius 1 is 1.50 bits per heavy atom. The molecule has 1 amide bonds. The number of ether oxygens (including phenoxy) is 3. The van der Waals surface area contributed by atoms with Gasteiger partial charge >= 0.3 is 12.1 Å². The molecule has 0 aromatic carbocycles. The molecule has 0 radical (unpaired) electrons. The number of hydrogen-bond acceptors (Lipinski definition) is 5. The van der Waals surface area contributed by atoms with E-state index < -0.39 is 18.1 Å². The molecule has 114 valence electrons. The first-order valence-electron chi connectivity index (χ1n) is 6.80.